The van der Waals surface area contributed by atoms with Gasteiger partial charge in [-0.15, -0.1) is 0 Å². The van der Waals surface area contributed by atoms with Crippen LogP contribution >= 0.6 is 11.6 Å². The molecule has 1 fully saturated rings. The van der Waals surface area contributed by atoms with Gasteiger partial charge in [-0.05, 0) is 63.1 Å². The molecule has 180 valence electrons. The van der Waals surface area contributed by atoms with E-state index >= 15 is 0 Å². The number of hydrogen-bond donors (Lipinski definition) is 2. The van der Waals surface area contributed by atoms with Crippen LogP contribution in [0.3, 0.4) is 0 Å². The molecule has 0 aliphatic carbocycles. The number of nitrogens with one attached hydrogen (secondary N) is 1. The number of hydrogen-bond acceptors (Lipinski definition) is 5. The molecule has 0 radical (unpaired) electrons. The first-order valence-corrected chi connectivity index (χ1v) is 11.4. The Morgan fingerprint density at radius 1 is 1.38 bits per heavy atom. The zero-order valence-electron chi connectivity index (χ0n) is 20.9. The summed E-state index contributed by atoms with van der Waals surface area (Å²) in [6.45, 7) is 1.99. The van der Waals surface area contributed by atoms with Gasteiger partial charge in [0.05, 0.1) is 22.7 Å². The molecule has 34 heavy (non-hydrogen) atoms. The average molecular weight is 491 g/mol. The van der Waals surface area contributed by atoms with E-state index in [2.05, 4.69) is 15.3 Å². The molecule has 2 aromatic rings. The third-order valence-electron chi connectivity index (χ3n) is 6.28. The minimum Gasteiger partial charge on any atom is -0.481 e. The number of carboxylic acid groups (broad SMARTS) is 1. The van der Waals surface area contributed by atoms with Crippen LogP contribution in [0.5, 0.6) is 0 Å². The number of anilines is 1. The van der Waals surface area contributed by atoms with E-state index in [9.17, 15) is 18.7 Å². The molecule has 2 unspecified atom stereocenters. The molecule has 9 heteroatoms. The van der Waals surface area contributed by atoms with Gasteiger partial charge in [-0.3, -0.25) is 14.7 Å². The lowest BCUT2D eigenvalue weighted by molar-refractivity contribution is -0.153. The van der Waals surface area contributed by atoms with Crippen molar-refractivity contribution in [3.05, 3.63) is 69.9 Å². The maximum Gasteiger partial charge on any atom is 0.310 e. The van der Waals surface area contributed by atoms with Gasteiger partial charge in [0.1, 0.15) is 23.3 Å². The van der Waals surface area contributed by atoms with Crippen LogP contribution in [0.4, 0.5) is 14.6 Å². The molecule has 6 nitrogen and oxygen atoms in total. The summed E-state index contributed by atoms with van der Waals surface area (Å²) in [5, 5.41) is 13.0. The lowest BCUT2D eigenvalue weighted by Crippen LogP contribution is -2.50. The van der Waals surface area contributed by atoms with E-state index in [1.54, 1.807) is 6.92 Å². The second-order valence-electron chi connectivity index (χ2n) is 8.91. The zero-order valence-corrected chi connectivity index (χ0v) is 19.7. The first-order chi connectivity index (χ1) is 16.9. The predicted molar refractivity (Wildman–Crippen MR) is 128 cm³/mol. The number of amidine groups is 1. The first kappa shape index (κ1) is 21.7. The number of carbonyl (C=O) groups is 1. The highest BCUT2D eigenvalue weighted by molar-refractivity contribution is 6.30. The Bertz CT molecular complexity index is 1260. The summed E-state index contributed by atoms with van der Waals surface area (Å²) >= 11 is 5.86. The van der Waals surface area contributed by atoms with Gasteiger partial charge < -0.3 is 10.4 Å². The third-order valence-corrected chi connectivity index (χ3v) is 6.57. The quantitative estimate of drug-likeness (QED) is 0.590. The number of benzene rings is 1. The van der Waals surface area contributed by atoms with Gasteiger partial charge >= 0.3 is 5.97 Å². The number of aliphatic imine (C=N–C) groups is 1. The number of nitrogens with zero attached hydrogens (tertiary/aromatic N) is 3. The molecule has 1 aromatic heterocycles. The van der Waals surface area contributed by atoms with Gasteiger partial charge in [-0.1, -0.05) is 23.7 Å². The summed E-state index contributed by atoms with van der Waals surface area (Å²) in [5.74, 6) is -1.62. The summed E-state index contributed by atoms with van der Waals surface area (Å²) in [5.41, 5.74) is -0.503. The van der Waals surface area contributed by atoms with Crippen LogP contribution in [0, 0.1) is 17.0 Å². The van der Waals surface area contributed by atoms with Crippen molar-refractivity contribution in [2.75, 3.05) is 18.4 Å². The van der Waals surface area contributed by atoms with Crippen molar-refractivity contribution in [3.8, 4) is 0 Å². The Morgan fingerprint density at radius 2 is 2.18 bits per heavy atom. The lowest BCUT2D eigenvalue weighted by atomic mass is 9.72. The monoisotopic (exact) mass is 490 g/mol. The van der Waals surface area contributed by atoms with Crippen LogP contribution in [0.15, 0.2) is 47.0 Å². The highest BCUT2D eigenvalue weighted by Gasteiger charge is 2.45. The molecule has 3 heterocycles. The second kappa shape index (κ2) is 9.80. The fourth-order valence-corrected chi connectivity index (χ4v) is 4.59. The lowest BCUT2D eigenvalue weighted by Gasteiger charge is -2.43. The van der Waals surface area contributed by atoms with E-state index in [4.69, 9.17) is 14.3 Å². The van der Waals surface area contributed by atoms with Gasteiger partial charge in [0.2, 0.25) is 0 Å². The third kappa shape index (κ3) is 5.13. The Labute approximate surface area is 205 Å². The van der Waals surface area contributed by atoms with E-state index in [0.717, 1.165) is 5.57 Å². The van der Waals surface area contributed by atoms with Gasteiger partial charge in [-0.25, -0.2) is 13.8 Å². The number of aromatic nitrogens is 1. The van der Waals surface area contributed by atoms with E-state index in [1.807, 2.05) is 13.0 Å². The molecule has 1 saturated heterocycles. The number of carboxylic acids is 1. The Hall–Kier alpha value is -2.84. The van der Waals surface area contributed by atoms with E-state index < -0.39 is 35.6 Å². The van der Waals surface area contributed by atoms with E-state index in [-0.39, 0.29) is 42.1 Å². The van der Waals surface area contributed by atoms with Crippen molar-refractivity contribution in [2.24, 2.45) is 10.4 Å². The van der Waals surface area contributed by atoms with Gasteiger partial charge in [0.15, 0.2) is 0 Å². The second-order valence-corrected chi connectivity index (χ2v) is 9.32. The van der Waals surface area contributed by atoms with Crippen LogP contribution in [-0.2, 0) is 17.7 Å². The number of piperidine rings is 1. The summed E-state index contributed by atoms with van der Waals surface area (Å²) in [6.07, 6.45) is 1.74. The van der Waals surface area contributed by atoms with Crippen molar-refractivity contribution < 1.29 is 21.4 Å². The molecule has 0 bridgehead atoms. The van der Waals surface area contributed by atoms with E-state index in [1.165, 1.54) is 35.2 Å². The van der Waals surface area contributed by atoms with E-state index in [0.29, 0.717) is 18.2 Å². The maximum absolute atomic E-state index is 14.8. The SMILES string of the molecule is [2H]C([2H])(c1cccc(Cl)c1F)N1CCC(Cc2nc(NC3=NCC(C)=C3)ccc2F)(C(=O)O)CC1C. The number of pyridine rings is 1. The van der Waals surface area contributed by atoms with Crippen molar-refractivity contribution in [3.63, 3.8) is 0 Å². The molecule has 2 aliphatic rings. The molecule has 1 aromatic carbocycles. The summed E-state index contributed by atoms with van der Waals surface area (Å²) in [6, 6.07) is 6.26. The number of halogens is 3. The van der Waals surface area contributed by atoms with Crippen LogP contribution in [-0.4, -0.2) is 45.9 Å². The van der Waals surface area contributed by atoms with Crippen molar-refractivity contribution in [1.82, 2.24) is 9.88 Å². The van der Waals surface area contributed by atoms with Crippen LogP contribution in [0.2, 0.25) is 5.02 Å². The minimum absolute atomic E-state index is 0.00578. The van der Waals surface area contributed by atoms with Crippen molar-refractivity contribution >= 4 is 29.2 Å². The highest BCUT2D eigenvalue weighted by atomic mass is 35.5. The normalized spacial score (nSPS) is 24.2. The predicted octanol–water partition coefficient (Wildman–Crippen LogP) is 5.08. The fourth-order valence-electron chi connectivity index (χ4n) is 4.41. The van der Waals surface area contributed by atoms with Crippen LogP contribution in [0.1, 0.15) is 40.7 Å². The van der Waals surface area contributed by atoms with Crippen molar-refractivity contribution in [2.45, 2.75) is 45.6 Å². The Balaban J connectivity index is 1.57. The largest absolute Gasteiger partial charge is 0.481 e. The van der Waals surface area contributed by atoms with Crippen LogP contribution in [0.25, 0.3) is 0 Å². The molecule has 0 spiro atoms. The van der Waals surface area contributed by atoms with Gasteiger partial charge in [-0.2, -0.15) is 0 Å². The smallest absolute Gasteiger partial charge is 0.310 e. The fraction of sp³-hybridized carbons (Fsp3) is 0.400. The molecule has 2 atom stereocenters. The van der Waals surface area contributed by atoms with Gasteiger partial charge in [0.25, 0.3) is 0 Å². The zero-order chi connectivity index (χ0) is 26.3. The summed E-state index contributed by atoms with van der Waals surface area (Å²) in [4.78, 5) is 22.5. The minimum atomic E-state index is -2.22. The number of rotatable bonds is 6. The molecule has 0 saturated carbocycles. The molecule has 4 rings (SSSR count). The van der Waals surface area contributed by atoms with Crippen molar-refractivity contribution in [1.29, 1.82) is 0 Å². The molecular formula is C25H27ClF2N4O2. The number of likely N-dealkylation sites (tertiary alicyclic amines) is 1. The first-order valence-electron chi connectivity index (χ1n) is 12.0. The average Bonchev–Trinajstić information content (AvgIpc) is 3.22. The Morgan fingerprint density at radius 3 is 2.85 bits per heavy atom. The highest BCUT2D eigenvalue weighted by Crippen LogP contribution is 2.39. The number of aliphatic carboxylic acids is 1. The standard InChI is InChI=1S/C25H27ClF2N4O2/c1-15-10-22(29-13-15)31-21-7-6-19(27)20(30-21)12-25(24(33)34)8-9-32(16(2)11-25)14-17-4-3-5-18(26)23(17)28/h3-7,10,16H,8-9,11-14H2,1-2H3,(H,33,34)(H,29,30,31)/i14D2. The van der Waals surface area contributed by atoms with Gasteiger partial charge in [0, 0.05) is 27.3 Å². The summed E-state index contributed by atoms with van der Waals surface area (Å²) < 4.78 is 46.6. The summed E-state index contributed by atoms with van der Waals surface area (Å²) in [7, 11) is 0. The van der Waals surface area contributed by atoms with Crippen LogP contribution < -0.4 is 5.32 Å². The molecule has 0 amide bonds. The topological polar surface area (TPSA) is 77.8 Å². The molecule has 2 aliphatic heterocycles. The maximum atomic E-state index is 14.8. The Kier molecular flexibility index (Phi) is 6.25. The molecular weight excluding hydrogens is 462 g/mol. The molecule has 2 N–H and O–H groups in total.